The number of amides is 1. The topological polar surface area (TPSA) is 94.4 Å². The zero-order chi connectivity index (χ0) is 17.8. The summed E-state index contributed by atoms with van der Waals surface area (Å²) in [6.45, 7) is 0.244. The van der Waals surface area contributed by atoms with Gasteiger partial charge in [-0.05, 0) is 23.1 Å². The molecule has 0 aliphatic rings. The standard InChI is InChI=1S/C18H15N3O4/c1-25-18-15-5-3-2-4-13(15)10-16(20-18)17(22)19-11-12-6-8-14(9-7-12)21(23)24/h2-10H,11H2,1H3,(H,19,22). The normalized spacial score (nSPS) is 10.4. The molecule has 1 aromatic heterocycles. The number of hydrogen-bond acceptors (Lipinski definition) is 5. The van der Waals surface area contributed by atoms with Crippen LogP contribution in [0.25, 0.3) is 10.8 Å². The van der Waals surface area contributed by atoms with Gasteiger partial charge in [0.25, 0.3) is 11.6 Å². The number of hydrogen-bond donors (Lipinski definition) is 1. The van der Waals surface area contributed by atoms with Gasteiger partial charge in [-0.1, -0.05) is 30.3 Å². The number of carbonyl (C=O) groups excluding carboxylic acids is 1. The van der Waals surface area contributed by atoms with Crippen LogP contribution in [-0.2, 0) is 6.54 Å². The minimum Gasteiger partial charge on any atom is -0.481 e. The molecule has 0 spiro atoms. The molecule has 1 N–H and O–H groups in total. The van der Waals surface area contributed by atoms with Crippen LogP contribution in [0.2, 0.25) is 0 Å². The second-order valence-corrected chi connectivity index (χ2v) is 5.34. The second-order valence-electron chi connectivity index (χ2n) is 5.34. The maximum absolute atomic E-state index is 12.4. The van der Waals surface area contributed by atoms with E-state index < -0.39 is 4.92 Å². The number of nitrogens with one attached hydrogen (secondary N) is 1. The van der Waals surface area contributed by atoms with Gasteiger partial charge in [0.2, 0.25) is 5.88 Å². The number of nitro benzene ring substituents is 1. The third-order valence-electron chi connectivity index (χ3n) is 3.73. The number of fused-ring (bicyclic) bond motifs is 1. The third kappa shape index (κ3) is 3.55. The van der Waals surface area contributed by atoms with E-state index in [4.69, 9.17) is 4.74 Å². The Bertz CT molecular complexity index is 939. The van der Waals surface area contributed by atoms with Gasteiger partial charge in [0, 0.05) is 24.1 Å². The zero-order valence-electron chi connectivity index (χ0n) is 13.4. The maximum atomic E-state index is 12.4. The van der Waals surface area contributed by atoms with Crippen LogP contribution in [0.4, 0.5) is 5.69 Å². The number of carbonyl (C=O) groups is 1. The second kappa shape index (κ2) is 6.96. The summed E-state index contributed by atoms with van der Waals surface area (Å²) in [5.74, 6) is 0.0426. The van der Waals surface area contributed by atoms with Crippen molar-refractivity contribution in [2.45, 2.75) is 6.54 Å². The number of nitro groups is 1. The third-order valence-corrected chi connectivity index (χ3v) is 3.73. The lowest BCUT2D eigenvalue weighted by molar-refractivity contribution is -0.384. The largest absolute Gasteiger partial charge is 0.481 e. The number of ether oxygens (including phenoxy) is 1. The van der Waals surface area contributed by atoms with Crippen LogP contribution in [0.3, 0.4) is 0 Å². The fourth-order valence-corrected chi connectivity index (χ4v) is 2.45. The number of methoxy groups -OCH3 is 1. The van der Waals surface area contributed by atoms with E-state index >= 15 is 0 Å². The lowest BCUT2D eigenvalue weighted by Crippen LogP contribution is -2.24. The van der Waals surface area contributed by atoms with Crippen molar-refractivity contribution in [3.05, 3.63) is 76.0 Å². The first kappa shape index (κ1) is 16.4. The molecule has 0 saturated heterocycles. The van der Waals surface area contributed by atoms with Gasteiger partial charge in [-0.2, -0.15) is 0 Å². The summed E-state index contributed by atoms with van der Waals surface area (Å²) in [6.07, 6.45) is 0. The first-order valence-electron chi connectivity index (χ1n) is 7.54. The first-order chi connectivity index (χ1) is 12.1. The van der Waals surface area contributed by atoms with E-state index in [2.05, 4.69) is 10.3 Å². The molecule has 3 aromatic rings. The average Bonchev–Trinajstić information content (AvgIpc) is 2.65. The molecular formula is C18H15N3O4. The highest BCUT2D eigenvalue weighted by molar-refractivity contribution is 5.98. The van der Waals surface area contributed by atoms with Gasteiger partial charge in [0.1, 0.15) is 5.69 Å². The monoisotopic (exact) mass is 337 g/mol. The predicted octanol–water partition coefficient (Wildman–Crippen LogP) is 3.08. The molecule has 0 bridgehead atoms. The molecular weight excluding hydrogens is 322 g/mol. The van der Waals surface area contributed by atoms with Gasteiger partial charge in [-0.15, -0.1) is 0 Å². The van der Waals surface area contributed by atoms with E-state index in [1.807, 2.05) is 24.3 Å². The van der Waals surface area contributed by atoms with Crippen molar-refractivity contribution in [2.75, 3.05) is 7.11 Å². The number of nitrogens with zero attached hydrogens (tertiary/aromatic N) is 2. The van der Waals surface area contributed by atoms with Crippen LogP contribution in [0, 0.1) is 10.1 Å². The van der Waals surface area contributed by atoms with E-state index in [-0.39, 0.29) is 23.8 Å². The molecule has 1 heterocycles. The molecule has 0 aliphatic heterocycles. The molecule has 7 nitrogen and oxygen atoms in total. The SMILES string of the molecule is COc1nc(C(=O)NCc2ccc([N+](=O)[O-])cc2)cc2ccccc12. The summed E-state index contributed by atoms with van der Waals surface area (Å²) in [5, 5.41) is 15.1. The molecule has 0 aliphatic carbocycles. The van der Waals surface area contributed by atoms with Gasteiger partial charge in [-0.3, -0.25) is 14.9 Å². The van der Waals surface area contributed by atoms with Crippen molar-refractivity contribution in [1.82, 2.24) is 10.3 Å². The summed E-state index contributed by atoms with van der Waals surface area (Å²) in [5.41, 5.74) is 1.01. The van der Waals surface area contributed by atoms with Crippen molar-refractivity contribution in [2.24, 2.45) is 0 Å². The van der Waals surface area contributed by atoms with Crippen LogP contribution >= 0.6 is 0 Å². The summed E-state index contributed by atoms with van der Waals surface area (Å²) in [6, 6.07) is 15.2. The van der Waals surface area contributed by atoms with Gasteiger partial charge in [0.15, 0.2) is 0 Å². The van der Waals surface area contributed by atoms with Gasteiger partial charge in [-0.25, -0.2) is 4.98 Å². The molecule has 2 aromatic carbocycles. The Morgan fingerprint density at radius 3 is 2.60 bits per heavy atom. The van der Waals surface area contributed by atoms with E-state index in [0.717, 1.165) is 16.3 Å². The van der Waals surface area contributed by atoms with Crippen LogP contribution in [0.15, 0.2) is 54.6 Å². The molecule has 0 atom stereocenters. The highest BCUT2D eigenvalue weighted by Crippen LogP contribution is 2.24. The minimum absolute atomic E-state index is 0.0102. The highest BCUT2D eigenvalue weighted by atomic mass is 16.6. The lowest BCUT2D eigenvalue weighted by atomic mass is 10.1. The number of pyridine rings is 1. The summed E-state index contributed by atoms with van der Waals surface area (Å²) >= 11 is 0. The fraction of sp³-hybridized carbons (Fsp3) is 0.111. The molecule has 0 radical (unpaired) electrons. The summed E-state index contributed by atoms with van der Waals surface area (Å²) in [4.78, 5) is 26.8. The average molecular weight is 337 g/mol. The first-order valence-corrected chi connectivity index (χ1v) is 7.54. The highest BCUT2D eigenvalue weighted by Gasteiger charge is 2.12. The summed E-state index contributed by atoms with van der Waals surface area (Å²) < 4.78 is 5.26. The summed E-state index contributed by atoms with van der Waals surface area (Å²) in [7, 11) is 1.51. The van der Waals surface area contributed by atoms with Crippen molar-refractivity contribution in [3.8, 4) is 5.88 Å². The van der Waals surface area contributed by atoms with Crippen LogP contribution in [-0.4, -0.2) is 22.9 Å². The quantitative estimate of drug-likeness (QED) is 0.570. The Labute approximate surface area is 143 Å². The smallest absolute Gasteiger partial charge is 0.270 e. The molecule has 0 saturated carbocycles. The van der Waals surface area contributed by atoms with E-state index in [0.29, 0.717) is 5.88 Å². The Hall–Kier alpha value is -3.48. The molecule has 7 heteroatoms. The van der Waals surface area contributed by atoms with Crippen molar-refractivity contribution in [1.29, 1.82) is 0 Å². The maximum Gasteiger partial charge on any atom is 0.270 e. The van der Waals surface area contributed by atoms with Crippen LogP contribution < -0.4 is 10.1 Å². The molecule has 1 amide bonds. The Morgan fingerprint density at radius 2 is 1.92 bits per heavy atom. The fourth-order valence-electron chi connectivity index (χ4n) is 2.45. The number of non-ortho nitro benzene ring substituents is 1. The number of aromatic nitrogens is 1. The molecule has 126 valence electrons. The Balaban J connectivity index is 1.77. The van der Waals surface area contributed by atoms with E-state index in [1.54, 1.807) is 18.2 Å². The number of rotatable bonds is 5. The minimum atomic E-state index is -0.465. The van der Waals surface area contributed by atoms with E-state index in [1.165, 1.54) is 19.2 Å². The van der Waals surface area contributed by atoms with Crippen molar-refractivity contribution < 1.29 is 14.5 Å². The molecule has 25 heavy (non-hydrogen) atoms. The van der Waals surface area contributed by atoms with Crippen LogP contribution in [0.5, 0.6) is 5.88 Å². The van der Waals surface area contributed by atoms with E-state index in [9.17, 15) is 14.9 Å². The zero-order valence-corrected chi connectivity index (χ0v) is 13.4. The Morgan fingerprint density at radius 1 is 1.20 bits per heavy atom. The van der Waals surface area contributed by atoms with Gasteiger partial charge < -0.3 is 10.1 Å². The predicted molar refractivity (Wildman–Crippen MR) is 92.6 cm³/mol. The van der Waals surface area contributed by atoms with Crippen molar-refractivity contribution >= 4 is 22.4 Å². The molecule has 3 rings (SSSR count). The lowest BCUT2D eigenvalue weighted by Gasteiger charge is -2.09. The molecule has 0 fully saturated rings. The van der Waals surface area contributed by atoms with Gasteiger partial charge in [0.05, 0.1) is 12.0 Å². The Kier molecular flexibility index (Phi) is 4.56. The van der Waals surface area contributed by atoms with Crippen LogP contribution in [0.1, 0.15) is 16.1 Å². The molecule has 0 unspecified atom stereocenters. The number of benzene rings is 2. The van der Waals surface area contributed by atoms with Gasteiger partial charge >= 0.3 is 0 Å². The van der Waals surface area contributed by atoms with Crippen molar-refractivity contribution in [3.63, 3.8) is 0 Å².